The molecule has 0 spiro atoms. The van der Waals surface area contributed by atoms with Gasteiger partial charge in [-0.05, 0) is 114 Å². The van der Waals surface area contributed by atoms with Crippen LogP contribution >= 0.6 is 0 Å². The molecule has 1 amide bonds. The number of ether oxygens (including phenoxy) is 5. The Morgan fingerprint density at radius 3 is 2.27 bits per heavy atom. The van der Waals surface area contributed by atoms with Crippen LogP contribution in [0.2, 0.25) is 0 Å². The lowest BCUT2D eigenvalue weighted by Crippen LogP contribution is -2.60. The molecule has 3 aliphatic heterocycles. The van der Waals surface area contributed by atoms with Crippen LogP contribution in [0.15, 0.2) is 47.6 Å². The third-order valence-electron chi connectivity index (χ3n) is 15.0. The number of nitrogens with zero attached hydrogens (tertiary/aromatic N) is 1. The van der Waals surface area contributed by atoms with E-state index >= 15 is 0 Å². The molecular formula is C53H83NO13. The van der Waals surface area contributed by atoms with Gasteiger partial charge in [0.2, 0.25) is 5.79 Å². The molecule has 14 heteroatoms. The highest BCUT2D eigenvalue weighted by atomic mass is 16.6. The van der Waals surface area contributed by atoms with Crippen molar-refractivity contribution in [2.75, 3.05) is 34.0 Å². The number of piperidine rings is 1. The molecule has 3 fully saturated rings. The summed E-state index contributed by atoms with van der Waals surface area (Å²) in [4.78, 5) is 72.0. The molecule has 2 bridgehead atoms. The highest BCUT2D eigenvalue weighted by Crippen LogP contribution is 2.38. The number of methoxy groups -OCH3 is 2. The maximum absolute atomic E-state index is 14.4. The molecule has 0 radical (unpaired) electrons. The summed E-state index contributed by atoms with van der Waals surface area (Å²) in [6, 6.07) is -1.12. The van der Waals surface area contributed by atoms with Crippen molar-refractivity contribution in [3.8, 4) is 0 Å². The Kier molecular flexibility index (Phi) is 22.3. The molecule has 3 N–H and O–H groups in total. The van der Waals surface area contributed by atoms with Gasteiger partial charge in [-0.25, -0.2) is 4.79 Å². The van der Waals surface area contributed by atoms with Gasteiger partial charge in [-0.1, -0.05) is 83.6 Å². The fraction of sp³-hybridized carbons (Fsp3) is 0.755. The second-order valence-electron chi connectivity index (χ2n) is 20.3. The van der Waals surface area contributed by atoms with Crippen molar-refractivity contribution >= 4 is 29.2 Å². The number of carbonyl (C=O) groups is 5. The molecule has 0 aromatic carbocycles. The van der Waals surface area contributed by atoms with E-state index in [-0.39, 0.29) is 80.0 Å². The van der Waals surface area contributed by atoms with Crippen LogP contribution < -0.4 is 0 Å². The zero-order valence-corrected chi connectivity index (χ0v) is 42.0. The number of carbonyl (C=O) groups excluding carboxylic acids is 5. The Hall–Kier alpha value is -3.37. The molecule has 1 aliphatic carbocycles. The largest absolute Gasteiger partial charge is 0.460 e. The number of esters is 1. The Labute approximate surface area is 399 Å². The average molecular weight is 942 g/mol. The number of aliphatic hydroxyl groups is 3. The molecule has 15 atom stereocenters. The molecule has 3 heterocycles. The second kappa shape index (κ2) is 26.6. The molecule has 0 aromatic rings. The van der Waals surface area contributed by atoms with Crippen LogP contribution in [0.3, 0.4) is 0 Å². The zero-order chi connectivity index (χ0) is 49.6. The number of aliphatic hydroxyl groups excluding tert-OH is 2. The molecule has 14 nitrogen and oxygen atoms in total. The van der Waals surface area contributed by atoms with Crippen molar-refractivity contribution in [3.05, 3.63) is 47.6 Å². The van der Waals surface area contributed by atoms with Crippen molar-refractivity contribution in [3.63, 3.8) is 0 Å². The van der Waals surface area contributed by atoms with Gasteiger partial charge in [0.1, 0.15) is 30.1 Å². The highest BCUT2D eigenvalue weighted by Gasteiger charge is 2.53. The molecular weight excluding hydrogens is 859 g/mol. The van der Waals surface area contributed by atoms with Crippen molar-refractivity contribution in [2.45, 2.75) is 181 Å². The number of ketones is 3. The number of fused-ring (bicyclic) bond motifs is 3. The first kappa shape index (κ1) is 56.2. The summed E-state index contributed by atoms with van der Waals surface area (Å²) in [5.41, 5.74) is 1.46. The van der Waals surface area contributed by atoms with Crippen LogP contribution in [0.5, 0.6) is 0 Å². The normalized spacial score (nSPS) is 39.6. The lowest BCUT2D eigenvalue weighted by molar-refractivity contribution is -0.264. The average Bonchev–Trinajstić information content (AvgIpc) is 3.30. The molecule has 2 saturated heterocycles. The number of rotatable bonds is 8. The van der Waals surface area contributed by atoms with E-state index in [0.717, 1.165) is 12.0 Å². The minimum absolute atomic E-state index is 0.0280. The maximum Gasteiger partial charge on any atom is 0.329 e. The number of cyclic esters (lactones) is 1. The summed E-state index contributed by atoms with van der Waals surface area (Å²) in [6.07, 6.45) is 13.3. The summed E-state index contributed by atoms with van der Waals surface area (Å²) in [7, 11) is 3.02. The van der Waals surface area contributed by atoms with Crippen LogP contribution in [-0.4, -0.2) is 132 Å². The molecule has 0 aromatic heterocycles. The fourth-order valence-electron chi connectivity index (χ4n) is 10.4. The predicted molar refractivity (Wildman–Crippen MR) is 254 cm³/mol. The summed E-state index contributed by atoms with van der Waals surface area (Å²) in [5.74, 6) is -7.67. The molecule has 4 rings (SSSR count). The number of amides is 1. The van der Waals surface area contributed by atoms with Gasteiger partial charge in [0, 0.05) is 44.9 Å². The molecule has 67 heavy (non-hydrogen) atoms. The molecule has 1 saturated carbocycles. The van der Waals surface area contributed by atoms with E-state index in [9.17, 15) is 39.3 Å². The third kappa shape index (κ3) is 15.3. The van der Waals surface area contributed by atoms with E-state index in [1.165, 1.54) is 12.0 Å². The van der Waals surface area contributed by atoms with Gasteiger partial charge >= 0.3 is 5.97 Å². The SMILES string of the molecule is CO[C@@H]1C[C@H](C[C@@H](C)[C@@H]2CC(=O)[C@H](C)/C=C(\C)[C@@H](O)[C@@H](OC)C(=O)[C@H](C)C[C@H](C)/C=C/C=C/C=C(\C)C(C)C[C@@H]3CC[C@@H](C)[C@@](O)(O3)C(=O)C(=O)N3CCCC[C@H]3C(=O)O2)CC[C@H]1OCCO. The van der Waals surface area contributed by atoms with Gasteiger partial charge in [0.15, 0.2) is 5.78 Å². The van der Waals surface area contributed by atoms with Crippen molar-refractivity contribution in [1.82, 2.24) is 4.90 Å². The number of hydrogen-bond acceptors (Lipinski definition) is 13. The molecule has 4 aliphatic rings. The Morgan fingerprint density at radius 2 is 1.58 bits per heavy atom. The van der Waals surface area contributed by atoms with E-state index in [1.54, 1.807) is 34.0 Å². The van der Waals surface area contributed by atoms with Gasteiger partial charge in [0.25, 0.3) is 11.7 Å². The number of allylic oxidation sites excluding steroid dienone is 7. The third-order valence-corrected chi connectivity index (χ3v) is 15.0. The minimum atomic E-state index is -2.38. The second-order valence-corrected chi connectivity index (χ2v) is 20.3. The van der Waals surface area contributed by atoms with Crippen LogP contribution in [-0.2, 0) is 47.7 Å². The van der Waals surface area contributed by atoms with Crippen LogP contribution in [0.4, 0.5) is 0 Å². The summed E-state index contributed by atoms with van der Waals surface area (Å²) in [6.45, 7) is 15.1. The lowest BCUT2D eigenvalue weighted by atomic mass is 9.78. The van der Waals surface area contributed by atoms with Crippen molar-refractivity contribution in [2.24, 2.45) is 41.4 Å². The number of hydrogen-bond donors (Lipinski definition) is 3. The molecule has 1 unspecified atom stereocenters. The van der Waals surface area contributed by atoms with Gasteiger partial charge in [0.05, 0.1) is 31.5 Å². The van der Waals surface area contributed by atoms with Crippen molar-refractivity contribution < 1.29 is 63.0 Å². The number of Topliss-reactive ketones (excluding diaryl/α,β-unsaturated/α-hetero) is 3. The Balaban J connectivity index is 1.68. The topological polar surface area (TPSA) is 195 Å². The first-order valence-electron chi connectivity index (χ1n) is 24.9. The maximum atomic E-state index is 14.4. The first-order valence-corrected chi connectivity index (χ1v) is 24.9. The molecule has 378 valence electrons. The highest BCUT2D eigenvalue weighted by molar-refractivity contribution is 6.39. The van der Waals surface area contributed by atoms with Gasteiger partial charge in [-0.2, -0.15) is 0 Å². The van der Waals surface area contributed by atoms with Crippen LogP contribution in [0.25, 0.3) is 0 Å². The van der Waals surface area contributed by atoms with Gasteiger partial charge < -0.3 is 43.9 Å². The van der Waals surface area contributed by atoms with Crippen LogP contribution in [0.1, 0.15) is 132 Å². The summed E-state index contributed by atoms with van der Waals surface area (Å²) < 4.78 is 29.7. The first-order chi connectivity index (χ1) is 31.7. The Bertz CT molecular complexity index is 1790. The van der Waals surface area contributed by atoms with E-state index in [0.29, 0.717) is 63.4 Å². The zero-order valence-electron chi connectivity index (χ0n) is 42.0. The minimum Gasteiger partial charge on any atom is -0.460 e. The van der Waals surface area contributed by atoms with E-state index < -0.39 is 71.7 Å². The van der Waals surface area contributed by atoms with Gasteiger partial charge in [-0.15, -0.1) is 0 Å². The summed E-state index contributed by atoms with van der Waals surface area (Å²) in [5, 5.41) is 32.7. The monoisotopic (exact) mass is 942 g/mol. The quantitative estimate of drug-likeness (QED) is 0.131. The van der Waals surface area contributed by atoms with Crippen LogP contribution in [0, 0.1) is 41.4 Å². The smallest absolute Gasteiger partial charge is 0.329 e. The van der Waals surface area contributed by atoms with E-state index in [4.69, 9.17) is 23.7 Å². The van der Waals surface area contributed by atoms with Crippen molar-refractivity contribution in [1.29, 1.82) is 0 Å². The Morgan fingerprint density at radius 1 is 0.851 bits per heavy atom. The summed E-state index contributed by atoms with van der Waals surface area (Å²) >= 11 is 0. The van der Waals surface area contributed by atoms with E-state index in [2.05, 4.69) is 6.92 Å². The fourth-order valence-corrected chi connectivity index (χ4v) is 10.4. The standard InChI is InChI=1S/C53H83NO13/c1-32-16-12-11-13-17-33(2)34(3)29-41-21-19-39(8)53(62,67-41)50(59)51(60)54-23-15-14-18-42(54)52(61)66-45(36(5)28-40-20-22-44(65-25-24-55)46(30-40)63-9)31-43(56)35(4)27-38(7)48(58)49(64-10)47(57)37(6)26-32/h11-13,16-17,27,32,34-37,39-42,44-46,48-49,55,58,62H,14-15,18-26,28-31H2,1-10H3/b13-11+,16-12+,33-17+,38-27+/t32-,34?,35-,36-,37-,39-,40+,41+,42+,44-,45+,46-,48-,49+,53-/m1/s1. The lowest BCUT2D eigenvalue weighted by Gasteiger charge is -2.42. The van der Waals surface area contributed by atoms with Gasteiger partial charge in [-0.3, -0.25) is 19.2 Å². The van der Waals surface area contributed by atoms with E-state index in [1.807, 2.05) is 58.1 Å². The predicted octanol–water partition coefficient (Wildman–Crippen LogP) is 6.82.